The van der Waals surface area contributed by atoms with E-state index in [-0.39, 0.29) is 23.3 Å². The molecule has 0 spiro atoms. The Kier molecular flexibility index (Phi) is 5.40. The summed E-state index contributed by atoms with van der Waals surface area (Å²) in [6, 6.07) is -0.139. The second-order valence-corrected chi connectivity index (χ2v) is 14.1. The zero-order valence-electron chi connectivity index (χ0n) is 16.8. The molecule has 2 rings (SSSR count). The fourth-order valence-corrected chi connectivity index (χ4v) is 4.08. The van der Waals surface area contributed by atoms with Gasteiger partial charge in [0.2, 0.25) is 0 Å². The number of likely N-dealkylation sites (tertiary alicyclic amines) is 1. The van der Waals surface area contributed by atoms with E-state index in [1.807, 2.05) is 20.8 Å². The van der Waals surface area contributed by atoms with Gasteiger partial charge >= 0.3 is 6.09 Å². The number of amides is 1. The van der Waals surface area contributed by atoms with Gasteiger partial charge in [-0.15, -0.1) is 0 Å². The van der Waals surface area contributed by atoms with Gasteiger partial charge in [-0.1, -0.05) is 20.8 Å². The van der Waals surface area contributed by atoms with Crippen LogP contribution in [0.1, 0.15) is 59.8 Å². The van der Waals surface area contributed by atoms with E-state index in [0.29, 0.717) is 6.54 Å². The summed E-state index contributed by atoms with van der Waals surface area (Å²) in [4.78, 5) is 21.9. The van der Waals surface area contributed by atoms with Gasteiger partial charge in [-0.2, -0.15) is 0 Å². The fourth-order valence-electron chi connectivity index (χ4n) is 2.72. The molecule has 1 fully saturated rings. The number of ether oxygens (including phenoxy) is 1. The molecule has 0 radical (unpaired) electrons. The van der Waals surface area contributed by atoms with E-state index in [2.05, 4.69) is 43.8 Å². The van der Waals surface area contributed by atoms with Gasteiger partial charge in [0.25, 0.3) is 0 Å². The highest BCUT2D eigenvalue weighted by atomic mass is 28.4. The molecule has 142 valence electrons. The van der Waals surface area contributed by atoms with Crippen molar-refractivity contribution >= 4 is 14.4 Å². The number of hydrogen-bond donors (Lipinski definition) is 1. The Bertz CT molecular complexity index is 588. The Balaban J connectivity index is 2.18. The highest BCUT2D eigenvalue weighted by Gasteiger charge is 2.45. The Morgan fingerprint density at radius 3 is 2.40 bits per heavy atom. The third-order valence-electron chi connectivity index (χ3n) is 4.99. The van der Waals surface area contributed by atoms with Crippen LogP contribution in [0.5, 0.6) is 0 Å². The number of aromatic nitrogens is 2. The van der Waals surface area contributed by atoms with Gasteiger partial charge in [0, 0.05) is 25.4 Å². The SMILES string of the molecule is CC(C)(C)OC(=O)N1C[C@H](O[Si](C)(C)C(C)(C)C)C[C@H]1c1ncc[nH]1. The molecular weight excluding hydrogens is 334 g/mol. The van der Waals surface area contributed by atoms with Gasteiger partial charge in [-0.05, 0) is 38.9 Å². The van der Waals surface area contributed by atoms with Crippen molar-refractivity contribution in [2.24, 2.45) is 0 Å². The summed E-state index contributed by atoms with van der Waals surface area (Å²) < 4.78 is 12.1. The highest BCUT2D eigenvalue weighted by molar-refractivity contribution is 6.74. The van der Waals surface area contributed by atoms with Crippen LogP contribution in [0.25, 0.3) is 0 Å². The summed E-state index contributed by atoms with van der Waals surface area (Å²) in [6.07, 6.45) is 3.92. The summed E-state index contributed by atoms with van der Waals surface area (Å²) in [5, 5.41) is 0.131. The first kappa shape index (κ1) is 20.0. The largest absolute Gasteiger partial charge is 0.444 e. The maximum Gasteiger partial charge on any atom is 0.411 e. The van der Waals surface area contributed by atoms with Crippen molar-refractivity contribution < 1.29 is 14.0 Å². The molecule has 1 aromatic rings. The lowest BCUT2D eigenvalue weighted by atomic mass is 10.2. The first-order valence-electron chi connectivity index (χ1n) is 8.97. The lowest BCUT2D eigenvalue weighted by molar-refractivity contribution is 0.0203. The lowest BCUT2D eigenvalue weighted by Gasteiger charge is -2.38. The third kappa shape index (κ3) is 4.85. The second kappa shape index (κ2) is 6.76. The molecule has 1 aromatic heterocycles. The van der Waals surface area contributed by atoms with Gasteiger partial charge in [0.1, 0.15) is 11.4 Å². The summed E-state index contributed by atoms with van der Waals surface area (Å²) in [5.41, 5.74) is -0.525. The molecule has 1 aliphatic rings. The Morgan fingerprint density at radius 2 is 1.92 bits per heavy atom. The van der Waals surface area contributed by atoms with E-state index >= 15 is 0 Å². The van der Waals surface area contributed by atoms with Crippen molar-refractivity contribution in [1.82, 2.24) is 14.9 Å². The van der Waals surface area contributed by atoms with E-state index in [9.17, 15) is 4.79 Å². The van der Waals surface area contributed by atoms with E-state index in [0.717, 1.165) is 12.2 Å². The molecule has 1 saturated heterocycles. The summed E-state index contributed by atoms with van der Waals surface area (Å²) in [6.45, 7) is 17.3. The number of imidazole rings is 1. The van der Waals surface area contributed by atoms with Crippen molar-refractivity contribution in [3.05, 3.63) is 18.2 Å². The van der Waals surface area contributed by atoms with Crippen LogP contribution in [0.15, 0.2) is 12.4 Å². The Morgan fingerprint density at radius 1 is 1.28 bits per heavy atom. The average molecular weight is 368 g/mol. The van der Waals surface area contributed by atoms with Crippen LogP contribution in [0.4, 0.5) is 4.79 Å². The Hall–Kier alpha value is -1.34. The minimum absolute atomic E-state index is 0.00325. The number of nitrogens with zero attached hydrogens (tertiary/aromatic N) is 2. The van der Waals surface area contributed by atoms with Gasteiger partial charge in [-0.3, -0.25) is 4.90 Å². The molecule has 2 heterocycles. The van der Waals surface area contributed by atoms with Gasteiger partial charge < -0.3 is 14.1 Å². The summed E-state index contributed by atoms with van der Waals surface area (Å²) in [5.74, 6) is 0.784. The molecule has 0 bridgehead atoms. The monoisotopic (exact) mass is 367 g/mol. The van der Waals surface area contributed by atoms with Crippen LogP contribution in [0.3, 0.4) is 0 Å². The maximum absolute atomic E-state index is 12.7. The standard InChI is InChI=1S/C18H33N3O3Si/c1-17(2,3)23-16(22)21-12-13(24-25(7,8)18(4,5)6)11-14(21)15-19-9-10-20-15/h9-10,13-14H,11-12H2,1-8H3,(H,19,20)/t13-,14+/m1/s1. The number of carbonyl (C=O) groups is 1. The minimum atomic E-state index is -1.90. The summed E-state index contributed by atoms with van der Waals surface area (Å²) in [7, 11) is -1.90. The van der Waals surface area contributed by atoms with Crippen molar-refractivity contribution in [1.29, 1.82) is 0 Å². The number of aromatic amines is 1. The molecule has 7 heteroatoms. The second-order valence-electron chi connectivity index (χ2n) is 9.36. The molecular formula is C18H33N3O3Si. The number of H-pyrrole nitrogens is 1. The first-order chi connectivity index (χ1) is 11.3. The van der Waals surface area contributed by atoms with Crippen molar-refractivity contribution in [2.45, 2.75) is 83.8 Å². The molecule has 1 aliphatic heterocycles. The van der Waals surface area contributed by atoms with Crippen molar-refractivity contribution in [3.63, 3.8) is 0 Å². The average Bonchev–Trinajstić information content (AvgIpc) is 3.02. The van der Waals surface area contributed by atoms with Gasteiger partial charge in [-0.25, -0.2) is 9.78 Å². The highest BCUT2D eigenvalue weighted by Crippen LogP contribution is 2.41. The van der Waals surface area contributed by atoms with E-state index in [4.69, 9.17) is 9.16 Å². The zero-order valence-corrected chi connectivity index (χ0v) is 17.8. The Labute approximate surface area is 152 Å². The van der Waals surface area contributed by atoms with Crippen LogP contribution in [-0.2, 0) is 9.16 Å². The number of nitrogens with one attached hydrogen (secondary N) is 1. The van der Waals surface area contributed by atoms with Crippen LogP contribution < -0.4 is 0 Å². The number of hydrogen-bond acceptors (Lipinski definition) is 4. The quantitative estimate of drug-likeness (QED) is 0.800. The van der Waals surface area contributed by atoms with Crippen LogP contribution in [0.2, 0.25) is 18.1 Å². The van der Waals surface area contributed by atoms with Gasteiger partial charge in [0.05, 0.1) is 12.1 Å². The van der Waals surface area contributed by atoms with Crippen LogP contribution >= 0.6 is 0 Å². The molecule has 1 N–H and O–H groups in total. The zero-order chi connectivity index (χ0) is 19.0. The molecule has 0 aromatic carbocycles. The predicted molar refractivity (Wildman–Crippen MR) is 101 cm³/mol. The van der Waals surface area contributed by atoms with Crippen molar-refractivity contribution in [3.8, 4) is 0 Å². The maximum atomic E-state index is 12.7. The smallest absolute Gasteiger partial charge is 0.411 e. The molecule has 0 saturated carbocycles. The van der Waals surface area contributed by atoms with Gasteiger partial charge in [0.15, 0.2) is 8.32 Å². The molecule has 0 unspecified atom stereocenters. The first-order valence-corrected chi connectivity index (χ1v) is 11.9. The number of rotatable bonds is 3. The predicted octanol–water partition coefficient (Wildman–Crippen LogP) is 4.48. The van der Waals surface area contributed by atoms with E-state index < -0.39 is 13.9 Å². The topological polar surface area (TPSA) is 67.4 Å². The molecule has 1 amide bonds. The normalized spacial score (nSPS) is 22.3. The number of carbonyl (C=O) groups excluding carboxylic acids is 1. The molecule has 6 nitrogen and oxygen atoms in total. The van der Waals surface area contributed by atoms with Crippen LogP contribution in [-0.4, -0.2) is 47.5 Å². The lowest BCUT2D eigenvalue weighted by Crippen LogP contribution is -2.45. The fraction of sp³-hybridized carbons (Fsp3) is 0.778. The van der Waals surface area contributed by atoms with Crippen molar-refractivity contribution in [2.75, 3.05) is 6.54 Å². The molecule has 2 atom stereocenters. The minimum Gasteiger partial charge on any atom is -0.444 e. The summed E-state index contributed by atoms with van der Waals surface area (Å²) >= 11 is 0. The third-order valence-corrected chi connectivity index (χ3v) is 9.53. The molecule has 0 aliphatic carbocycles. The van der Waals surface area contributed by atoms with E-state index in [1.165, 1.54) is 0 Å². The van der Waals surface area contributed by atoms with Crippen LogP contribution in [0, 0.1) is 0 Å². The van der Waals surface area contributed by atoms with E-state index in [1.54, 1.807) is 17.3 Å². The molecule has 25 heavy (non-hydrogen) atoms.